The summed E-state index contributed by atoms with van der Waals surface area (Å²) in [6.07, 6.45) is 5.24. The van der Waals surface area contributed by atoms with Gasteiger partial charge in [-0.3, -0.25) is 4.79 Å². The molecule has 1 saturated heterocycles. The molecule has 0 aromatic rings. The molecule has 2 rings (SSSR count). The molecule has 1 amide bonds. The molecular formula is C11H17NO3S. The third-order valence-electron chi connectivity index (χ3n) is 3.43. The molecule has 0 radical (unpaired) electrons. The molecule has 16 heavy (non-hydrogen) atoms. The van der Waals surface area contributed by atoms with Crippen molar-refractivity contribution in [3.8, 4) is 0 Å². The molecule has 4 nitrogen and oxygen atoms in total. The number of rotatable bonds is 3. The number of aliphatic carboxylic acids is 1. The molecule has 90 valence electrons. The van der Waals surface area contributed by atoms with Crippen molar-refractivity contribution in [1.82, 2.24) is 4.90 Å². The van der Waals surface area contributed by atoms with Gasteiger partial charge in [-0.05, 0) is 18.8 Å². The minimum atomic E-state index is -0.871. The van der Waals surface area contributed by atoms with Gasteiger partial charge in [0.1, 0.15) is 6.04 Å². The highest BCUT2D eigenvalue weighted by Crippen LogP contribution is 2.30. The highest BCUT2D eigenvalue weighted by Gasteiger charge is 2.35. The van der Waals surface area contributed by atoms with Gasteiger partial charge < -0.3 is 10.0 Å². The molecule has 1 atom stereocenters. The maximum Gasteiger partial charge on any atom is 0.327 e. The van der Waals surface area contributed by atoms with Crippen LogP contribution in [0.2, 0.25) is 0 Å². The third kappa shape index (κ3) is 2.51. The number of hydrogen-bond acceptors (Lipinski definition) is 3. The Bertz CT molecular complexity index is 289. The Balaban J connectivity index is 1.90. The van der Waals surface area contributed by atoms with Crippen LogP contribution < -0.4 is 0 Å². The first kappa shape index (κ1) is 11.8. The highest BCUT2D eigenvalue weighted by molar-refractivity contribution is 7.99. The second kappa shape index (κ2) is 5.08. The maximum atomic E-state index is 12.0. The van der Waals surface area contributed by atoms with Crippen LogP contribution in [0, 0.1) is 5.92 Å². The van der Waals surface area contributed by atoms with E-state index in [9.17, 15) is 9.59 Å². The van der Waals surface area contributed by atoms with E-state index in [-0.39, 0.29) is 5.91 Å². The van der Waals surface area contributed by atoms with E-state index in [0.717, 1.165) is 12.8 Å². The summed E-state index contributed by atoms with van der Waals surface area (Å²) in [6.45, 7) is 0. The minimum Gasteiger partial charge on any atom is -0.480 e. The summed E-state index contributed by atoms with van der Waals surface area (Å²) in [5.74, 6) is 0.732. The van der Waals surface area contributed by atoms with Crippen LogP contribution in [-0.4, -0.2) is 39.6 Å². The summed E-state index contributed by atoms with van der Waals surface area (Å²) in [5.41, 5.74) is 0. The van der Waals surface area contributed by atoms with Gasteiger partial charge in [-0.25, -0.2) is 4.79 Å². The van der Waals surface area contributed by atoms with E-state index in [1.807, 2.05) is 0 Å². The zero-order valence-electron chi connectivity index (χ0n) is 9.22. The van der Waals surface area contributed by atoms with Crippen LogP contribution in [0.4, 0.5) is 0 Å². The summed E-state index contributed by atoms with van der Waals surface area (Å²) in [6, 6.07) is -0.598. The van der Waals surface area contributed by atoms with Crippen molar-refractivity contribution in [1.29, 1.82) is 0 Å². The average Bonchev–Trinajstić information content (AvgIpc) is 2.86. The van der Waals surface area contributed by atoms with Gasteiger partial charge in [0.15, 0.2) is 0 Å². The second-order valence-corrected chi connectivity index (χ2v) is 5.57. The van der Waals surface area contributed by atoms with E-state index >= 15 is 0 Å². The molecule has 1 N–H and O–H groups in total. The summed E-state index contributed by atoms with van der Waals surface area (Å²) in [5, 5.41) is 8.99. The quantitative estimate of drug-likeness (QED) is 0.817. The van der Waals surface area contributed by atoms with Crippen LogP contribution in [0.25, 0.3) is 0 Å². The van der Waals surface area contributed by atoms with Gasteiger partial charge in [-0.15, -0.1) is 11.8 Å². The van der Waals surface area contributed by atoms with Crippen LogP contribution in [-0.2, 0) is 9.59 Å². The molecule has 1 saturated carbocycles. The van der Waals surface area contributed by atoms with Gasteiger partial charge in [-0.2, -0.15) is 0 Å². The number of thioether (sulfide) groups is 1. The van der Waals surface area contributed by atoms with E-state index in [1.54, 1.807) is 0 Å². The molecule has 5 heteroatoms. The number of carboxylic acid groups (broad SMARTS) is 1. The Morgan fingerprint density at radius 2 is 2.00 bits per heavy atom. The minimum absolute atomic E-state index is 0.0318. The van der Waals surface area contributed by atoms with Crippen molar-refractivity contribution in [3.63, 3.8) is 0 Å². The topological polar surface area (TPSA) is 57.6 Å². The van der Waals surface area contributed by atoms with Crippen LogP contribution in [0.3, 0.4) is 0 Å². The number of amides is 1. The Hall–Kier alpha value is -0.710. The lowest BCUT2D eigenvalue weighted by Crippen LogP contribution is -2.42. The number of nitrogens with zero attached hydrogens (tertiary/aromatic N) is 1. The Labute approximate surface area is 99.4 Å². The van der Waals surface area contributed by atoms with E-state index in [0.29, 0.717) is 24.0 Å². The smallest absolute Gasteiger partial charge is 0.327 e. The van der Waals surface area contributed by atoms with Gasteiger partial charge in [0.25, 0.3) is 0 Å². The van der Waals surface area contributed by atoms with Gasteiger partial charge >= 0.3 is 5.97 Å². The standard InChI is InChI=1S/C11H17NO3S/c13-10(5-8-3-1-2-4-8)12-7-16-6-9(12)11(14)15/h8-9H,1-7H2,(H,14,15). The number of carbonyl (C=O) groups is 2. The van der Waals surface area contributed by atoms with Crippen molar-refractivity contribution in [2.45, 2.75) is 38.1 Å². The molecule has 2 aliphatic rings. The van der Waals surface area contributed by atoms with Gasteiger partial charge in [0.2, 0.25) is 5.91 Å². The number of carboxylic acids is 1. The average molecular weight is 243 g/mol. The van der Waals surface area contributed by atoms with E-state index in [1.165, 1.54) is 29.5 Å². The molecule has 1 heterocycles. The normalized spacial score (nSPS) is 26.2. The molecule has 0 bridgehead atoms. The monoisotopic (exact) mass is 243 g/mol. The molecule has 1 unspecified atom stereocenters. The summed E-state index contributed by atoms with van der Waals surface area (Å²) in [7, 11) is 0. The molecule has 2 fully saturated rings. The molecule has 1 aliphatic heterocycles. The molecular weight excluding hydrogens is 226 g/mol. The van der Waals surface area contributed by atoms with Crippen LogP contribution in [0.5, 0.6) is 0 Å². The first-order valence-corrected chi connectivity index (χ1v) is 6.94. The summed E-state index contributed by atoms with van der Waals surface area (Å²) >= 11 is 1.53. The van der Waals surface area contributed by atoms with Crippen molar-refractivity contribution >= 4 is 23.6 Å². The zero-order valence-corrected chi connectivity index (χ0v) is 10.0. The fourth-order valence-electron chi connectivity index (χ4n) is 2.47. The van der Waals surface area contributed by atoms with Crippen molar-refractivity contribution in [3.05, 3.63) is 0 Å². The zero-order chi connectivity index (χ0) is 11.5. The molecule has 0 aromatic carbocycles. The lowest BCUT2D eigenvalue weighted by atomic mass is 10.0. The van der Waals surface area contributed by atoms with Crippen molar-refractivity contribution < 1.29 is 14.7 Å². The number of hydrogen-bond donors (Lipinski definition) is 1. The summed E-state index contributed by atoms with van der Waals surface area (Å²) in [4.78, 5) is 24.4. The maximum absolute atomic E-state index is 12.0. The van der Waals surface area contributed by atoms with Gasteiger partial charge in [-0.1, -0.05) is 12.8 Å². The lowest BCUT2D eigenvalue weighted by Gasteiger charge is -2.22. The van der Waals surface area contributed by atoms with Crippen LogP contribution >= 0.6 is 11.8 Å². The van der Waals surface area contributed by atoms with E-state index < -0.39 is 12.0 Å². The fourth-order valence-corrected chi connectivity index (χ4v) is 3.64. The van der Waals surface area contributed by atoms with Crippen molar-refractivity contribution in [2.75, 3.05) is 11.6 Å². The highest BCUT2D eigenvalue weighted by atomic mass is 32.2. The summed E-state index contributed by atoms with van der Waals surface area (Å²) < 4.78 is 0. The molecule has 0 aromatic heterocycles. The Morgan fingerprint density at radius 3 is 2.62 bits per heavy atom. The van der Waals surface area contributed by atoms with Gasteiger partial charge in [0, 0.05) is 12.2 Å². The first-order valence-electron chi connectivity index (χ1n) is 5.78. The SMILES string of the molecule is O=C(O)C1CSCN1C(=O)CC1CCCC1. The first-order chi connectivity index (χ1) is 7.68. The van der Waals surface area contributed by atoms with Crippen LogP contribution in [0.1, 0.15) is 32.1 Å². The van der Waals surface area contributed by atoms with E-state index in [2.05, 4.69) is 0 Å². The van der Waals surface area contributed by atoms with Crippen LogP contribution in [0.15, 0.2) is 0 Å². The predicted octanol–water partition coefficient (Wildman–Crippen LogP) is 1.55. The predicted molar refractivity (Wildman–Crippen MR) is 62.2 cm³/mol. The number of carbonyl (C=O) groups excluding carboxylic acids is 1. The Kier molecular flexibility index (Phi) is 3.74. The van der Waals surface area contributed by atoms with Crippen molar-refractivity contribution in [2.24, 2.45) is 5.92 Å². The lowest BCUT2D eigenvalue weighted by molar-refractivity contribution is -0.148. The molecule has 0 spiro atoms. The molecule has 1 aliphatic carbocycles. The second-order valence-electron chi connectivity index (χ2n) is 4.57. The van der Waals surface area contributed by atoms with Gasteiger partial charge in [0.05, 0.1) is 5.88 Å². The fraction of sp³-hybridized carbons (Fsp3) is 0.818. The third-order valence-corrected chi connectivity index (χ3v) is 4.44. The Morgan fingerprint density at radius 1 is 1.31 bits per heavy atom. The largest absolute Gasteiger partial charge is 0.480 e. The van der Waals surface area contributed by atoms with E-state index in [4.69, 9.17) is 5.11 Å².